The van der Waals surface area contributed by atoms with Gasteiger partial charge in [-0.25, -0.2) is 0 Å². The Morgan fingerprint density at radius 1 is 0.895 bits per heavy atom. The summed E-state index contributed by atoms with van der Waals surface area (Å²) in [5.74, 6) is 1.11. The zero-order valence-corrected chi connectivity index (χ0v) is 10.5. The Morgan fingerprint density at radius 2 is 1.53 bits per heavy atom. The van der Waals surface area contributed by atoms with Crippen molar-refractivity contribution in [2.45, 2.75) is 0 Å². The van der Waals surface area contributed by atoms with Crippen molar-refractivity contribution >= 4 is 11.6 Å². The summed E-state index contributed by atoms with van der Waals surface area (Å²) in [6.07, 6.45) is 0. The van der Waals surface area contributed by atoms with Crippen molar-refractivity contribution in [2.75, 3.05) is 0 Å². The molecule has 3 rings (SSSR count). The van der Waals surface area contributed by atoms with Crippen molar-refractivity contribution in [3.63, 3.8) is 0 Å². The van der Waals surface area contributed by atoms with Crippen LogP contribution in [0.5, 0.6) is 5.75 Å². The quantitative estimate of drug-likeness (QED) is 0.771. The van der Waals surface area contributed by atoms with Crippen LogP contribution in [-0.4, -0.2) is 15.2 Å². The third-order valence-corrected chi connectivity index (χ3v) is 2.89. The topological polar surface area (TPSA) is 59.2 Å². The van der Waals surface area contributed by atoms with Gasteiger partial charge in [-0.1, -0.05) is 16.8 Å². The van der Waals surface area contributed by atoms with Gasteiger partial charge in [-0.3, -0.25) is 0 Å². The molecule has 1 N–H and O–H groups in total. The molecule has 0 unspecified atom stereocenters. The second-order valence-electron chi connectivity index (χ2n) is 3.98. The van der Waals surface area contributed by atoms with Crippen molar-refractivity contribution in [1.29, 1.82) is 0 Å². The average molecular weight is 273 g/mol. The Hall–Kier alpha value is -2.33. The first-order valence-electron chi connectivity index (χ1n) is 5.61. The van der Waals surface area contributed by atoms with E-state index in [4.69, 9.17) is 16.1 Å². The molecule has 0 amide bonds. The molecule has 1 aromatic heterocycles. The van der Waals surface area contributed by atoms with Gasteiger partial charge < -0.3 is 9.63 Å². The van der Waals surface area contributed by atoms with Gasteiger partial charge in [-0.2, -0.15) is 4.98 Å². The number of nitrogens with zero attached hydrogens (tertiary/aromatic N) is 2. The first-order chi connectivity index (χ1) is 9.22. The van der Waals surface area contributed by atoms with E-state index in [0.29, 0.717) is 16.7 Å². The SMILES string of the molecule is Oc1ccc(-c2noc(-c3ccc(Cl)cc3)n2)cc1. The number of rotatable bonds is 2. The molecule has 1 heterocycles. The molecular weight excluding hydrogens is 264 g/mol. The number of hydrogen-bond acceptors (Lipinski definition) is 4. The number of aromatic hydroxyl groups is 1. The Morgan fingerprint density at radius 3 is 2.21 bits per heavy atom. The molecule has 2 aromatic carbocycles. The van der Waals surface area contributed by atoms with E-state index >= 15 is 0 Å². The van der Waals surface area contributed by atoms with E-state index in [1.807, 2.05) is 12.1 Å². The van der Waals surface area contributed by atoms with E-state index in [1.54, 1.807) is 36.4 Å². The predicted molar refractivity (Wildman–Crippen MR) is 71.8 cm³/mol. The molecule has 0 bridgehead atoms. The van der Waals surface area contributed by atoms with Crippen LogP contribution in [0.15, 0.2) is 53.1 Å². The number of hydrogen-bond donors (Lipinski definition) is 1. The maximum absolute atomic E-state index is 9.24. The molecule has 0 spiro atoms. The standard InChI is InChI=1S/C14H9ClN2O2/c15-11-5-1-10(2-6-11)14-16-13(17-19-14)9-3-7-12(18)8-4-9/h1-8,18H. The molecule has 0 saturated carbocycles. The summed E-state index contributed by atoms with van der Waals surface area (Å²) in [6, 6.07) is 13.8. The Bertz CT molecular complexity index is 630. The lowest BCUT2D eigenvalue weighted by molar-refractivity contribution is 0.432. The molecule has 0 aliphatic rings. The zero-order valence-electron chi connectivity index (χ0n) is 9.75. The fourth-order valence-corrected chi connectivity index (χ4v) is 1.79. The Balaban J connectivity index is 1.95. The van der Waals surface area contributed by atoms with Crippen LogP contribution in [0, 0.1) is 0 Å². The summed E-state index contributed by atoms with van der Waals surface area (Å²) in [5, 5.41) is 13.8. The molecule has 94 valence electrons. The van der Waals surface area contributed by atoms with Gasteiger partial charge in [0.15, 0.2) is 0 Å². The summed E-state index contributed by atoms with van der Waals surface area (Å²) in [5.41, 5.74) is 1.59. The van der Waals surface area contributed by atoms with Crippen LogP contribution in [0.25, 0.3) is 22.8 Å². The van der Waals surface area contributed by atoms with Crippen molar-refractivity contribution in [2.24, 2.45) is 0 Å². The molecule has 0 aliphatic carbocycles. The normalized spacial score (nSPS) is 10.6. The summed E-state index contributed by atoms with van der Waals surface area (Å²) in [4.78, 5) is 4.31. The largest absolute Gasteiger partial charge is 0.508 e. The van der Waals surface area contributed by atoms with Gasteiger partial charge in [0.2, 0.25) is 5.82 Å². The lowest BCUT2D eigenvalue weighted by atomic mass is 10.2. The zero-order chi connectivity index (χ0) is 13.2. The highest BCUT2D eigenvalue weighted by molar-refractivity contribution is 6.30. The van der Waals surface area contributed by atoms with Crippen molar-refractivity contribution < 1.29 is 9.63 Å². The fourth-order valence-electron chi connectivity index (χ4n) is 1.66. The minimum absolute atomic E-state index is 0.199. The average Bonchev–Trinajstić information content (AvgIpc) is 2.90. The van der Waals surface area contributed by atoms with Crippen LogP contribution >= 0.6 is 11.6 Å². The molecule has 0 atom stereocenters. The molecule has 19 heavy (non-hydrogen) atoms. The number of phenols is 1. The molecule has 5 heteroatoms. The summed E-state index contributed by atoms with van der Waals surface area (Å²) in [7, 11) is 0. The molecule has 0 aliphatic heterocycles. The summed E-state index contributed by atoms with van der Waals surface area (Å²) in [6.45, 7) is 0. The lowest BCUT2D eigenvalue weighted by Gasteiger charge is -1.94. The highest BCUT2D eigenvalue weighted by atomic mass is 35.5. The van der Waals surface area contributed by atoms with Crippen LogP contribution in [-0.2, 0) is 0 Å². The maximum atomic E-state index is 9.24. The second-order valence-corrected chi connectivity index (χ2v) is 4.41. The van der Waals surface area contributed by atoms with Crippen LogP contribution in [0.1, 0.15) is 0 Å². The minimum Gasteiger partial charge on any atom is -0.508 e. The number of benzene rings is 2. The van der Waals surface area contributed by atoms with Crippen molar-refractivity contribution in [3.05, 3.63) is 53.6 Å². The van der Waals surface area contributed by atoms with E-state index in [2.05, 4.69) is 10.1 Å². The monoisotopic (exact) mass is 272 g/mol. The van der Waals surface area contributed by atoms with E-state index in [-0.39, 0.29) is 5.75 Å². The van der Waals surface area contributed by atoms with Crippen molar-refractivity contribution in [1.82, 2.24) is 10.1 Å². The number of halogens is 1. The Labute approximate surface area is 114 Å². The summed E-state index contributed by atoms with van der Waals surface area (Å²) < 4.78 is 5.21. The van der Waals surface area contributed by atoms with Crippen LogP contribution in [0.2, 0.25) is 5.02 Å². The van der Waals surface area contributed by atoms with Gasteiger partial charge in [0.25, 0.3) is 5.89 Å². The van der Waals surface area contributed by atoms with Gasteiger partial charge in [-0.05, 0) is 48.5 Å². The van der Waals surface area contributed by atoms with E-state index in [9.17, 15) is 5.11 Å². The molecule has 0 fully saturated rings. The number of aromatic nitrogens is 2. The summed E-state index contributed by atoms with van der Waals surface area (Å²) >= 11 is 5.82. The van der Waals surface area contributed by atoms with E-state index in [1.165, 1.54) is 0 Å². The maximum Gasteiger partial charge on any atom is 0.258 e. The van der Waals surface area contributed by atoms with E-state index < -0.39 is 0 Å². The van der Waals surface area contributed by atoms with Gasteiger partial charge in [0, 0.05) is 16.1 Å². The van der Waals surface area contributed by atoms with E-state index in [0.717, 1.165) is 11.1 Å². The molecule has 0 radical (unpaired) electrons. The van der Waals surface area contributed by atoms with Gasteiger partial charge >= 0.3 is 0 Å². The third kappa shape index (κ3) is 2.44. The first-order valence-corrected chi connectivity index (χ1v) is 5.99. The van der Waals surface area contributed by atoms with Gasteiger partial charge in [0.05, 0.1) is 0 Å². The fraction of sp³-hybridized carbons (Fsp3) is 0. The Kier molecular flexibility index (Phi) is 2.93. The van der Waals surface area contributed by atoms with Gasteiger partial charge in [-0.15, -0.1) is 0 Å². The third-order valence-electron chi connectivity index (χ3n) is 2.64. The van der Waals surface area contributed by atoms with Crippen LogP contribution in [0.4, 0.5) is 0 Å². The molecule has 4 nitrogen and oxygen atoms in total. The lowest BCUT2D eigenvalue weighted by Crippen LogP contribution is -1.80. The minimum atomic E-state index is 0.199. The molecule has 3 aromatic rings. The molecule has 0 saturated heterocycles. The van der Waals surface area contributed by atoms with Crippen molar-refractivity contribution in [3.8, 4) is 28.6 Å². The van der Waals surface area contributed by atoms with Gasteiger partial charge in [0.1, 0.15) is 5.75 Å². The van der Waals surface area contributed by atoms with Crippen LogP contribution < -0.4 is 0 Å². The smallest absolute Gasteiger partial charge is 0.258 e. The second kappa shape index (κ2) is 4.74. The first kappa shape index (κ1) is 11.7. The highest BCUT2D eigenvalue weighted by Crippen LogP contribution is 2.24. The number of phenolic OH excluding ortho intramolecular Hbond substituents is 1. The molecular formula is C14H9ClN2O2. The predicted octanol–water partition coefficient (Wildman–Crippen LogP) is 3.76. The van der Waals surface area contributed by atoms with Crippen LogP contribution in [0.3, 0.4) is 0 Å². The highest BCUT2D eigenvalue weighted by Gasteiger charge is 2.10.